The lowest BCUT2D eigenvalue weighted by atomic mass is 10.1. The first-order chi connectivity index (χ1) is 10.7. The Labute approximate surface area is 135 Å². The fraction of sp³-hybridized carbons (Fsp3) is 0.600. The van der Waals surface area contributed by atoms with Crippen LogP contribution in [0, 0.1) is 0 Å². The van der Waals surface area contributed by atoms with Crippen LogP contribution in [0.25, 0.3) is 6.08 Å². The van der Waals surface area contributed by atoms with Gasteiger partial charge in [0.05, 0.1) is 0 Å². The van der Waals surface area contributed by atoms with Gasteiger partial charge in [-0.2, -0.15) is 0 Å². The third-order valence-electron chi connectivity index (χ3n) is 3.96. The minimum Gasteiger partial charge on any atom is -0.508 e. The molecule has 0 bridgehead atoms. The maximum absolute atomic E-state index is 9.39. The Kier molecular flexibility index (Phi) is 10.3. The van der Waals surface area contributed by atoms with Crippen LogP contribution < -0.4 is 0 Å². The molecule has 0 aromatic heterocycles. The predicted molar refractivity (Wildman–Crippen MR) is 95.3 cm³/mol. The highest BCUT2D eigenvalue weighted by Crippen LogP contribution is 2.21. The van der Waals surface area contributed by atoms with E-state index in [1.165, 1.54) is 70.3 Å². The SMILES string of the molecule is CCCCCCCCCCCC/C=C/c1cc(O)cc(O)c1. The predicted octanol–water partition coefficient (Wildman–Crippen LogP) is 6.42. The van der Waals surface area contributed by atoms with Crippen molar-refractivity contribution in [2.45, 2.75) is 77.6 Å². The van der Waals surface area contributed by atoms with Crippen molar-refractivity contribution in [1.82, 2.24) is 0 Å². The van der Waals surface area contributed by atoms with Crippen molar-refractivity contribution in [2.75, 3.05) is 0 Å². The summed E-state index contributed by atoms with van der Waals surface area (Å²) < 4.78 is 0. The highest BCUT2D eigenvalue weighted by Gasteiger charge is 1.95. The lowest BCUT2D eigenvalue weighted by Crippen LogP contribution is -1.81. The minimum absolute atomic E-state index is 0.110. The van der Waals surface area contributed by atoms with Crippen LogP contribution in [-0.2, 0) is 0 Å². The number of phenolic OH excluding ortho intramolecular Hbond substituents is 2. The number of aromatic hydroxyl groups is 2. The molecule has 22 heavy (non-hydrogen) atoms. The van der Waals surface area contributed by atoms with Gasteiger partial charge in [-0.05, 0) is 30.5 Å². The molecule has 0 unspecified atom stereocenters. The second-order valence-electron chi connectivity index (χ2n) is 6.16. The Morgan fingerprint density at radius 3 is 1.77 bits per heavy atom. The van der Waals surface area contributed by atoms with E-state index in [9.17, 15) is 10.2 Å². The average Bonchev–Trinajstić information content (AvgIpc) is 2.47. The zero-order valence-electron chi connectivity index (χ0n) is 14.1. The molecule has 1 aromatic carbocycles. The van der Waals surface area contributed by atoms with Crippen molar-refractivity contribution in [1.29, 1.82) is 0 Å². The highest BCUT2D eigenvalue weighted by molar-refractivity contribution is 5.54. The second kappa shape index (κ2) is 12.1. The van der Waals surface area contributed by atoms with Gasteiger partial charge in [0.15, 0.2) is 0 Å². The van der Waals surface area contributed by atoms with Crippen LogP contribution in [0.4, 0.5) is 0 Å². The molecule has 0 saturated heterocycles. The number of benzene rings is 1. The molecule has 0 radical (unpaired) electrons. The van der Waals surface area contributed by atoms with E-state index < -0.39 is 0 Å². The summed E-state index contributed by atoms with van der Waals surface area (Å²) in [6, 6.07) is 4.67. The fourth-order valence-corrected chi connectivity index (χ4v) is 2.68. The van der Waals surface area contributed by atoms with E-state index in [0.717, 1.165) is 12.0 Å². The van der Waals surface area contributed by atoms with E-state index in [2.05, 4.69) is 13.0 Å². The summed E-state index contributed by atoms with van der Waals surface area (Å²) in [5.41, 5.74) is 0.851. The molecule has 0 saturated carbocycles. The van der Waals surface area contributed by atoms with Crippen LogP contribution in [0.2, 0.25) is 0 Å². The van der Waals surface area contributed by atoms with Gasteiger partial charge in [-0.3, -0.25) is 0 Å². The molecule has 0 fully saturated rings. The van der Waals surface area contributed by atoms with E-state index in [1.807, 2.05) is 6.08 Å². The van der Waals surface area contributed by atoms with Gasteiger partial charge in [-0.25, -0.2) is 0 Å². The zero-order valence-corrected chi connectivity index (χ0v) is 14.1. The number of phenols is 2. The molecule has 124 valence electrons. The maximum Gasteiger partial charge on any atom is 0.119 e. The van der Waals surface area contributed by atoms with Gasteiger partial charge in [-0.15, -0.1) is 0 Å². The van der Waals surface area contributed by atoms with E-state index in [-0.39, 0.29) is 11.5 Å². The van der Waals surface area contributed by atoms with E-state index >= 15 is 0 Å². The molecule has 2 heteroatoms. The summed E-state index contributed by atoms with van der Waals surface area (Å²) in [7, 11) is 0. The number of rotatable bonds is 12. The summed E-state index contributed by atoms with van der Waals surface area (Å²) in [5.74, 6) is 0.220. The van der Waals surface area contributed by atoms with Crippen LogP contribution in [0.5, 0.6) is 11.5 Å². The van der Waals surface area contributed by atoms with Crippen molar-refractivity contribution >= 4 is 6.08 Å². The van der Waals surface area contributed by atoms with Crippen molar-refractivity contribution in [2.24, 2.45) is 0 Å². The second-order valence-corrected chi connectivity index (χ2v) is 6.16. The summed E-state index contributed by atoms with van der Waals surface area (Å²) in [6.45, 7) is 2.26. The van der Waals surface area contributed by atoms with Gasteiger partial charge < -0.3 is 10.2 Å². The summed E-state index contributed by atoms with van der Waals surface area (Å²) in [5, 5.41) is 18.8. The molecule has 0 amide bonds. The third kappa shape index (κ3) is 9.49. The topological polar surface area (TPSA) is 40.5 Å². The lowest BCUT2D eigenvalue weighted by molar-refractivity contribution is 0.450. The molecule has 1 rings (SSSR count). The minimum atomic E-state index is 0.110. The van der Waals surface area contributed by atoms with Gasteiger partial charge in [-0.1, -0.05) is 76.9 Å². The van der Waals surface area contributed by atoms with Crippen molar-refractivity contribution in [3.63, 3.8) is 0 Å². The summed E-state index contributed by atoms with van der Waals surface area (Å²) >= 11 is 0. The number of unbranched alkanes of at least 4 members (excludes halogenated alkanes) is 10. The van der Waals surface area contributed by atoms with Crippen molar-refractivity contribution in [3.8, 4) is 11.5 Å². The molecule has 0 spiro atoms. The Hall–Kier alpha value is -1.44. The molecule has 2 N–H and O–H groups in total. The van der Waals surface area contributed by atoms with Crippen LogP contribution in [-0.4, -0.2) is 10.2 Å². The third-order valence-corrected chi connectivity index (χ3v) is 3.96. The average molecular weight is 304 g/mol. The van der Waals surface area contributed by atoms with Crippen LogP contribution in [0.3, 0.4) is 0 Å². The monoisotopic (exact) mass is 304 g/mol. The first-order valence-electron chi connectivity index (χ1n) is 8.92. The van der Waals surface area contributed by atoms with Crippen molar-refractivity contribution < 1.29 is 10.2 Å². The smallest absolute Gasteiger partial charge is 0.119 e. The van der Waals surface area contributed by atoms with E-state index in [4.69, 9.17) is 0 Å². The molecule has 0 heterocycles. The Balaban J connectivity index is 1.98. The first kappa shape index (κ1) is 18.6. The number of hydrogen-bond acceptors (Lipinski definition) is 2. The summed E-state index contributed by atoms with van der Waals surface area (Å²) in [6.07, 6.45) is 18.7. The highest BCUT2D eigenvalue weighted by atomic mass is 16.3. The van der Waals surface area contributed by atoms with E-state index in [1.54, 1.807) is 12.1 Å². The fourth-order valence-electron chi connectivity index (χ4n) is 2.68. The maximum atomic E-state index is 9.39. The normalized spacial score (nSPS) is 11.3. The van der Waals surface area contributed by atoms with Crippen LogP contribution in [0.1, 0.15) is 83.1 Å². The summed E-state index contributed by atoms with van der Waals surface area (Å²) in [4.78, 5) is 0. The molecule has 1 aromatic rings. The van der Waals surface area contributed by atoms with Crippen LogP contribution >= 0.6 is 0 Å². The van der Waals surface area contributed by atoms with Gasteiger partial charge in [0.25, 0.3) is 0 Å². The lowest BCUT2D eigenvalue weighted by Gasteiger charge is -2.01. The molecule has 2 nitrogen and oxygen atoms in total. The Morgan fingerprint density at radius 2 is 1.23 bits per heavy atom. The number of hydrogen-bond donors (Lipinski definition) is 2. The molecule has 0 aliphatic heterocycles. The molecule has 0 aliphatic rings. The van der Waals surface area contributed by atoms with Gasteiger partial charge in [0.2, 0.25) is 0 Å². The van der Waals surface area contributed by atoms with Gasteiger partial charge >= 0.3 is 0 Å². The number of allylic oxidation sites excluding steroid dienone is 1. The van der Waals surface area contributed by atoms with Crippen LogP contribution in [0.15, 0.2) is 24.3 Å². The molecule has 0 atom stereocenters. The Bertz CT molecular complexity index is 403. The standard InChI is InChI=1S/C20H32O2/c1-2-3-4-5-6-7-8-9-10-11-12-13-14-18-15-19(21)17-20(22)16-18/h13-17,21-22H,2-12H2,1H3/b14-13+. The van der Waals surface area contributed by atoms with Gasteiger partial charge in [0, 0.05) is 6.07 Å². The largest absolute Gasteiger partial charge is 0.508 e. The Morgan fingerprint density at radius 1 is 0.727 bits per heavy atom. The molecular formula is C20H32O2. The quantitative estimate of drug-likeness (QED) is 0.437. The van der Waals surface area contributed by atoms with E-state index in [0.29, 0.717) is 0 Å². The molecular weight excluding hydrogens is 272 g/mol. The van der Waals surface area contributed by atoms with Gasteiger partial charge in [0.1, 0.15) is 11.5 Å². The van der Waals surface area contributed by atoms with Crippen molar-refractivity contribution in [3.05, 3.63) is 29.8 Å². The first-order valence-corrected chi connectivity index (χ1v) is 8.92. The molecule has 0 aliphatic carbocycles. The zero-order chi connectivity index (χ0) is 16.0.